The maximum Gasteiger partial charge on any atom is 0.220 e. The van der Waals surface area contributed by atoms with Gasteiger partial charge in [-0.1, -0.05) is 200 Å². The highest BCUT2D eigenvalue weighted by Gasteiger charge is 2.51. The van der Waals surface area contributed by atoms with Crippen molar-refractivity contribution in [3.8, 4) is 0 Å². The van der Waals surface area contributed by atoms with Crippen molar-refractivity contribution >= 4 is 5.91 Å². The van der Waals surface area contributed by atoms with Gasteiger partial charge in [-0.3, -0.25) is 4.79 Å². The number of nitrogens with one attached hydrogen (secondary N) is 1. The number of aliphatic hydroxyl groups excluding tert-OH is 8. The SMILES string of the molecule is CC/C=C\C/C=C\C/C=C\C/C=C\C/C=C\C/C=C\C/C=C\C/C=C\CCCCCCCCCCCCC(=O)NC(COC1OC(CO)C(OC2OC(CO)C(O)C(O)C2O)C(O)C1O)C(O)/C=C/CC/C=C/CCCC. The van der Waals surface area contributed by atoms with E-state index >= 15 is 0 Å². The van der Waals surface area contributed by atoms with Crippen LogP contribution in [0, 0.1) is 0 Å². The maximum absolute atomic E-state index is 13.2. The number of unbranched alkanes of at least 4 members (excludes halogenated alkanes) is 13. The molecule has 2 fully saturated rings. The van der Waals surface area contributed by atoms with Crippen molar-refractivity contribution in [2.75, 3.05) is 19.8 Å². The lowest BCUT2D eigenvalue weighted by Gasteiger charge is -2.46. The summed E-state index contributed by atoms with van der Waals surface area (Å²) in [5, 5.41) is 86.6. The van der Waals surface area contributed by atoms with E-state index in [2.05, 4.69) is 129 Å². The zero-order valence-electron chi connectivity index (χ0n) is 46.9. The molecule has 0 saturated carbocycles. The molecule has 2 rings (SSSR count). The Morgan fingerprint density at radius 2 is 0.909 bits per heavy atom. The second-order valence-electron chi connectivity index (χ2n) is 20.0. The molecule has 12 atom stereocenters. The summed E-state index contributed by atoms with van der Waals surface area (Å²) < 4.78 is 22.6. The minimum absolute atomic E-state index is 0.259. The van der Waals surface area contributed by atoms with Crippen molar-refractivity contribution in [3.63, 3.8) is 0 Å². The molecule has 0 aromatic carbocycles. The number of hydrogen-bond donors (Lipinski definition) is 9. The monoisotopic (exact) mass is 1080 g/mol. The average molecular weight is 1080 g/mol. The number of ether oxygens (including phenoxy) is 4. The van der Waals surface area contributed by atoms with E-state index in [1.165, 1.54) is 38.5 Å². The van der Waals surface area contributed by atoms with Crippen LogP contribution in [0.3, 0.4) is 0 Å². The molecule has 0 radical (unpaired) electrons. The molecule has 2 aliphatic rings. The van der Waals surface area contributed by atoms with Crippen LogP contribution in [-0.4, -0.2) is 140 Å². The zero-order valence-corrected chi connectivity index (χ0v) is 46.9. The number of aliphatic hydroxyl groups is 8. The van der Waals surface area contributed by atoms with Crippen LogP contribution < -0.4 is 5.32 Å². The van der Waals surface area contributed by atoms with E-state index in [9.17, 15) is 45.6 Å². The minimum atomic E-state index is -1.80. The van der Waals surface area contributed by atoms with Crippen molar-refractivity contribution in [3.05, 3.63) is 122 Å². The Morgan fingerprint density at radius 3 is 1.43 bits per heavy atom. The van der Waals surface area contributed by atoms with Crippen LogP contribution in [-0.2, 0) is 23.7 Å². The van der Waals surface area contributed by atoms with Crippen LogP contribution in [0.25, 0.3) is 0 Å². The minimum Gasteiger partial charge on any atom is -0.394 e. The topological polar surface area (TPSA) is 228 Å². The molecule has 0 aromatic heterocycles. The van der Waals surface area contributed by atoms with E-state index in [-0.39, 0.29) is 18.9 Å². The number of carbonyl (C=O) groups is 1. The van der Waals surface area contributed by atoms with Gasteiger partial charge in [-0.25, -0.2) is 0 Å². The van der Waals surface area contributed by atoms with Gasteiger partial charge in [-0.05, 0) is 89.9 Å². The molecule has 2 heterocycles. The summed E-state index contributed by atoms with van der Waals surface area (Å²) in [5.41, 5.74) is 0. The molecule has 2 aliphatic heterocycles. The van der Waals surface area contributed by atoms with E-state index in [1.54, 1.807) is 6.08 Å². The Hall–Kier alpha value is -3.61. The number of allylic oxidation sites excluding steroid dienone is 19. The first-order valence-corrected chi connectivity index (χ1v) is 29.3. The first-order chi connectivity index (χ1) is 37.6. The first kappa shape index (κ1) is 69.5. The van der Waals surface area contributed by atoms with Crippen molar-refractivity contribution < 1.29 is 64.6 Å². The molecule has 0 aliphatic carbocycles. The molecule has 12 unspecified atom stereocenters. The molecule has 0 bridgehead atoms. The molecule has 0 aromatic rings. The number of rotatable bonds is 44. The van der Waals surface area contributed by atoms with E-state index in [0.717, 1.165) is 103 Å². The number of hydrogen-bond acceptors (Lipinski definition) is 13. The molecular formula is C63H103NO13. The lowest BCUT2D eigenvalue weighted by molar-refractivity contribution is -0.359. The van der Waals surface area contributed by atoms with Crippen molar-refractivity contribution in [2.24, 2.45) is 0 Å². The van der Waals surface area contributed by atoms with Gasteiger partial charge in [0.1, 0.15) is 48.8 Å². The predicted octanol–water partition coefficient (Wildman–Crippen LogP) is 9.83. The maximum atomic E-state index is 13.2. The summed E-state index contributed by atoms with van der Waals surface area (Å²) in [4.78, 5) is 13.2. The molecule has 2 saturated heterocycles. The quantitative estimate of drug-likeness (QED) is 0.0205. The second-order valence-corrected chi connectivity index (χ2v) is 20.0. The van der Waals surface area contributed by atoms with E-state index in [4.69, 9.17) is 18.9 Å². The zero-order chi connectivity index (χ0) is 56.0. The molecule has 1 amide bonds. The molecule has 14 heteroatoms. The van der Waals surface area contributed by atoms with Crippen LogP contribution >= 0.6 is 0 Å². The summed E-state index contributed by atoms with van der Waals surface area (Å²) in [5.74, 6) is -0.264. The average Bonchev–Trinajstić information content (AvgIpc) is 3.44. The smallest absolute Gasteiger partial charge is 0.220 e. The number of amides is 1. The van der Waals surface area contributed by atoms with Crippen molar-refractivity contribution in [2.45, 2.75) is 248 Å². The highest BCUT2D eigenvalue weighted by molar-refractivity contribution is 5.76. The fourth-order valence-corrected chi connectivity index (χ4v) is 8.66. The molecule has 77 heavy (non-hydrogen) atoms. The van der Waals surface area contributed by atoms with Crippen LogP contribution in [0.2, 0.25) is 0 Å². The summed E-state index contributed by atoms with van der Waals surface area (Å²) in [6.07, 6.45) is 51.4. The third-order valence-corrected chi connectivity index (χ3v) is 13.4. The van der Waals surface area contributed by atoms with Gasteiger partial charge < -0.3 is 65.1 Å². The fraction of sp³-hybridized carbons (Fsp3) is 0.667. The second kappa shape index (κ2) is 47.2. The van der Waals surface area contributed by atoms with E-state index in [0.29, 0.717) is 12.8 Å². The molecule has 0 spiro atoms. The van der Waals surface area contributed by atoms with Gasteiger partial charge in [0, 0.05) is 6.42 Å². The summed E-state index contributed by atoms with van der Waals surface area (Å²) >= 11 is 0. The summed E-state index contributed by atoms with van der Waals surface area (Å²) in [6.45, 7) is 2.54. The standard InChI is InChI=1S/C63H103NO13/c1-3-5-7-9-11-13-14-15-16-17-18-19-20-21-22-23-24-25-26-27-28-29-30-31-32-33-34-35-36-37-38-39-41-43-45-47-55(68)64-51(52(67)46-44-42-40-12-10-8-6-4-2)50-74-62-60(73)58(71)61(54(49-66)76-62)77-63-59(72)57(70)56(69)53(48-65)75-63/h5,7,10-13,15-16,18-19,21-22,24-25,27-28,30-31,44,46,51-54,56-63,65-67,69-73H,3-4,6,8-9,14,17,20,23,26,29,32-43,45,47-50H2,1-2H3,(H,64,68)/b7-5-,12-10+,13-11-,16-15-,19-18-,22-21-,25-24-,28-27-,31-30-,46-44+. The lowest BCUT2D eigenvalue weighted by atomic mass is 9.97. The van der Waals surface area contributed by atoms with Crippen molar-refractivity contribution in [1.29, 1.82) is 0 Å². The van der Waals surface area contributed by atoms with Gasteiger partial charge in [-0.15, -0.1) is 0 Å². The fourth-order valence-electron chi connectivity index (χ4n) is 8.66. The van der Waals surface area contributed by atoms with E-state index in [1.807, 2.05) is 6.08 Å². The van der Waals surface area contributed by atoms with Gasteiger partial charge in [0.25, 0.3) is 0 Å². The Kier molecular flexibility index (Phi) is 42.6. The highest BCUT2D eigenvalue weighted by atomic mass is 16.7. The predicted molar refractivity (Wildman–Crippen MR) is 308 cm³/mol. The third kappa shape index (κ3) is 32.9. The number of carbonyl (C=O) groups excluding carboxylic acids is 1. The summed E-state index contributed by atoms with van der Waals surface area (Å²) in [6, 6.07) is -0.939. The van der Waals surface area contributed by atoms with E-state index < -0.39 is 86.8 Å². The highest BCUT2D eigenvalue weighted by Crippen LogP contribution is 2.30. The Bertz CT molecular complexity index is 1750. The molecule has 9 N–H and O–H groups in total. The van der Waals surface area contributed by atoms with Crippen LogP contribution in [0.15, 0.2) is 122 Å². The van der Waals surface area contributed by atoms with Gasteiger partial charge >= 0.3 is 0 Å². The van der Waals surface area contributed by atoms with Gasteiger partial charge in [-0.2, -0.15) is 0 Å². The molecular weight excluding hydrogens is 979 g/mol. The van der Waals surface area contributed by atoms with Crippen LogP contribution in [0.1, 0.15) is 174 Å². The van der Waals surface area contributed by atoms with Gasteiger partial charge in [0.2, 0.25) is 5.91 Å². The van der Waals surface area contributed by atoms with Crippen LogP contribution in [0.5, 0.6) is 0 Å². The first-order valence-electron chi connectivity index (χ1n) is 29.3. The summed E-state index contributed by atoms with van der Waals surface area (Å²) in [7, 11) is 0. The third-order valence-electron chi connectivity index (χ3n) is 13.4. The van der Waals surface area contributed by atoms with Crippen LogP contribution in [0.4, 0.5) is 0 Å². The van der Waals surface area contributed by atoms with Crippen molar-refractivity contribution in [1.82, 2.24) is 5.32 Å². The lowest BCUT2D eigenvalue weighted by Crippen LogP contribution is -2.65. The largest absolute Gasteiger partial charge is 0.394 e. The van der Waals surface area contributed by atoms with Gasteiger partial charge in [0.05, 0.1) is 32.0 Å². The van der Waals surface area contributed by atoms with Gasteiger partial charge in [0.15, 0.2) is 12.6 Å². The Morgan fingerprint density at radius 1 is 0.481 bits per heavy atom. The Balaban J connectivity index is 1.62. The molecule has 14 nitrogen and oxygen atoms in total. The Labute approximate surface area is 463 Å². The molecule has 438 valence electrons. The normalized spacial score (nSPS) is 25.6.